The number of tetrazole rings is 1. The number of anilines is 1. The highest BCUT2D eigenvalue weighted by atomic mass is 19.1. The molecular weight excluding hydrogens is 445 g/mol. The van der Waals surface area contributed by atoms with Crippen molar-refractivity contribution in [3.8, 4) is 11.4 Å². The molecule has 1 aliphatic carbocycles. The van der Waals surface area contributed by atoms with E-state index in [2.05, 4.69) is 10.4 Å². The third kappa shape index (κ3) is 4.16. The van der Waals surface area contributed by atoms with Crippen molar-refractivity contribution in [3.05, 3.63) is 63.8 Å². The SMILES string of the molecule is COc1cccc(F)c1-n1nnn(C(=O)N(c2cc(C(=O)O)ccc2C)C2CCCCC2)c1=O. The number of methoxy groups -OCH3 is 1. The molecule has 3 aromatic rings. The summed E-state index contributed by atoms with van der Waals surface area (Å²) < 4.78 is 20.9. The number of carbonyl (C=O) groups excluding carboxylic acids is 1. The highest BCUT2D eigenvalue weighted by Crippen LogP contribution is 2.31. The quantitative estimate of drug-likeness (QED) is 0.569. The van der Waals surface area contributed by atoms with Crippen molar-refractivity contribution in [2.75, 3.05) is 12.0 Å². The average Bonchev–Trinajstić information content (AvgIpc) is 3.21. The van der Waals surface area contributed by atoms with Gasteiger partial charge in [-0.25, -0.2) is 18.8 Å². The summed E-state index contributed by atoms with van der Waals surface area (Å²) in [7, 11) is 1.32. The molecule has 178 valence electrons. The summed E-state index contributed by atoms with van der Waals surface area (Å²) in [5.41, 5.74) is -0.174. The monoisotopic (exact) mass is 469 g/mol. The second-order valence-electron chi connectivity index (χ2n) is 8.13. The second-order valence-corrected chi connectivity index (χ2v) is 8.13. The van der Waals surface area contributed by atoms with E-state index in [4.69, 9.17) is 4.74 Å². The van der Waals surface area contributed by atoms with Crippen molar-refractivity contribution in [1.82, 2.24) is 19.8 Å². The number of aromatic nitrogens is 4. The molecule has 0 aliphatic heterocycles. The van der Waals surface area contributed by atoms with E-state index in [9.17, 15) is 23.9 Å². The Morgan fingerprint density at radius 1 is 1.15 bits per heavy atom. The van der Waals surface area contributed by atoms with Crippen molar-refractivity contribution in [3.63, 3.8) is 0 Å². The Hall–Kier alpha value is -4.02. The van der Waals surface area contributed by atoms with E-state index in [1.807, 2.05) is 0 Å². The molecule has 1 aliphatic rings. The molecule has 1 N–H and O–H groups in total. The number of ether oxygens (including phenoxy) is 1. The van der Waals surface area contributed by atoms with Crippen LogP contribution in [0.3, 0.4) is 0 Å². The van der Waals surface area contributed by atoms with Crippen molar-refractivity contribution in [2.24, 2.45) is 0 Å². The molecule has 0 saturated heterocycles. The van der Waals surface area contributed by atoms with Crippen LogP contribution in [0.1, 0.15) is 48.0 Å². The first-order valence-corrected chi connectivity index (χ1v) is 10.9. The number of carboxylic acid groups (broad SMARTS) is 1. The van der Waals surface area contributed by atoms with Gasteiger partial charge in [-0.2, -0.15) is 4.68 Å². The van der Waals surface area contributed by atoms with Crippen LogP contribution in [0.2, 0.25) is 0 Å². The van der Waals surface area contributed by atoms with Crippen LogP contribution in [0.5, 0.6) is 5.75 Å². The molecule has 11 heteroatoms. The molecule has 34 heavy (non-hydrogen) atoms. The van der Waals surface area contributed by atoms with E-state index in [-0.39, 0.29) is 23.0 Å². The smallest absolute Gasteiger partial charge is 0.377 e. The number of aromatic carboxylic acids is 1. The summed E-state index contributed by atoms with van der Waals surface area (Å²) in [5, 5.41) is 16.9. The summed E-state index contributed by atoms with van der Waals surface area (Å²) in [5.74, 6) is -1.85. The molecule has 1 aromatic heterocycles. The van der Waals surface area contributed by atoms with Gasteiger partial charge in [0.15, 0.2) is 5.82 Å². The summed E-state index contributed by atoms with van der Waals surface area (Å²) >= 11 is 0. The lowest BCUT2D eigenvalue weighted by atomic mass is 9.93. The van der Waals surface area contributed by atoms with Crippen LogP contribution in [-0.2, 0) is 0 Å². The standard InChI is InChI=1S/C23H24FN5O5/c1-14-11-12-15(21(30)31)13-18(14)27(16-7-4-3-5-8-16)22(32)29-23(33)28(25-26-29)20-17(24)9-6-10-19(20)34-2/h6,9-13,16H,3-5,7-8H2,1-2H3,(H,30,31). The number of aryl methyl sites for hydroxylation is 1. The lowest BCUT2D eigenvalue weighted by Crippen LogP contribution is -2.47. The normalized spacial score (nSPS) is 14.1. The van der Waals surface area contributed by atoms with Crippen LogP contribution < -0.4 is 15.3 Å². The largest absolute Gasteiger partial charge is 0.494 e. The first-order valence-electron chi connectivity index (χ1n) is 10.9. The van der Waals surface area contributed by atoms with Crippen LogP contribution in [-0.4, -0.2) is 50.0 Å². The minimum absolute atomic E-state index is 0.0151. The number of halogens is 1. The van der Waals surface area contributed by atoms with E-state index in [0.29, 0.717) is 33.5 Å². The first kappa shape index (κ1) is 23.1. The Labute approximate surface area is 194 Å². The molecule has 4 rings (SSSR count). The van der Waals surface area contributed by atoms with Crippen LogP contribution in [0.15, 0.2) is 41.2 Å². The van der Waals surface area contributed by atoms with Crippen molar-refractivity contribution in [2.45, 2.75) is 45.1 Å². The van der Waals surface area contributed by atoms with Crippen molar-refractivity contribution in [1.29, 1.82) is 0 Å². The van der Waals surface area contributed by atoms with E-state index in [0.717, 1.165) is 25.3 Å². The predicted molar refractivity (Wildman–Crippen MR) is 120 cm³/mol. The number of benzene rings is 2. The lowest BCUT2D eigenvalue weighted by Gasteiger charge is -2.34. The zero-order chi connectivity index (χ0) is 24.4. The third-order valence-electron chi connectivity index (χ3n) is 6.01. The number of rotatable bonds is 5. The van der Waals surface area contributed by atoms with E-state index in [1.165, 1.54) is 36.3 Å². The van der Waals surface area contributed by atoms with Crippen molar-refractivity contribution >= 4 is 17.7 Å². The molecule has 1 fully saturated rings. The Morgan fingerprint density at radius 3 is 2.56 bits per heavy atom. The molecule has 0 radical (unpaired) electrons. The molecule has 0 bridgehead atoms. The summed E-state index contributed by atoms with van der Waals surface area (Å²) in [4.78, 5) is 39.8. The molecule has 0 spiro atoms. The fourth-order valence-electron chi connectivity index (χ4n) is 4.27. The van der Waals surface area contributed by atoms with Crippen LogP contribution in [0.25, 0.3) is 5.69 Å². The van der Waals surface area contributed by atoms with Gasteiger partial charge in [0.05, 0.1) is 12.7 Å². The minimum Gasteiger partial charge on any atom is -0.494 e. The summed E-state index contributed by atoms with van der Waals surface area (Å²) in [6.45, 7) is 1.76. The van der Waals surface area contributed by atoms with Gasteiger partial charge in [0, 0.05) is 11.7 Å². The van der Waals surface area contributed by atoms with E-state index in [1.54, 1.807) is 13.0 Å². The zero-order valence-corrected chi connectivity index (χ0v) is 18.8. The first-order chi connectivity index (χ1) is 16.3. The number of hydrogen-bond donors (Lipinski definition) is 1. The predicted octanol–water partition coefficient (Wildman–Crippen LogP) is 3.39. The fraction of sp³-hybridized carbons (Fsp3) is 0.348. The lowest BCUT2D eigenvalue weighted by molar-refractivity contribution is 0.0697. The van der Waals surface area contributed by atoms with Gasteiger partial charge in [-0.3, -0.25) is 4.90 Å². The van der Waals surface area contributed by atoms with Gasteiger partial charge in [0.2, 0.25) is 0 Å². The summed E-state index contributed by atoms with van der Waals surface area (Å²) in [6, 6.07) is 7.46. The van der Waals surface area contributed by atoms with Gasteiger partial charge < -0.3 is 9.84 Å². The minimum atomic E-state index is -1.13. The van der Waals surface area contributed by atoms with Crippen LogP contribution in [0, 0.1) is 12.7 Å². The summed E-state index contributed by atoms with van der Waals surface area (Å²) in [6.07, 6.45) is 4.18. The number of nitrogens with zero attached hydrogens (tertiary/aromatic N) is 5. The Balaban J connectivity index is 1.83. The Morgan fingerprint density at radius 2 is 1.88 bits per heavy atom. The number of para-hydroxylation sites is 1. The highest BCUT2D eigenvalue weighted by molar-refractivity contribution is 5.96. The molecule has 1 amide bonds. The maximum absolute atomic E-state index is 14.5. The highest BCUT2D eigenvalue weighted by Gasteiger charge is 2.32. The molecule has 0 unspecified atom stereocenters. The average molecular weight is 469 g/mol. The fourth-order valence-corrected chi connectivity index (χ4v) is 4.27. The zero-order valence-electron chi connectivity index (χ0n) is 18.8. The number of carboxylic acids is 1. The maximum atomic E-state index is 14.5. The number of amides is 1. The molecule has 10 nitrogen and oxygen atoms in total. The van der Waals surface area contributed by atoms with Gasteiger partial charge in [0.25, 0.3) is 0 Å². The topological polar surface area (TPSA) is 120 Å². The van der Waals surface area contributed by atoms with Gasteiger partial charge in [-0.15, -0.1) is 4.68 Å². The second kappa shape index (κ2) is 9.46. The number of hydrogen-bond acceptors (Lipinski definition) is 6. The number of carbonyl (C=O) groups is 2. The van der Waals surface area contributed by atoms with Gasteiger partial charge in [-0.05, 0) is 60.0 Å². The van der Waals surface area contributed by atoms with Crippen LogP contribution >= 0.6 is 0 Å². The van der Waals surface area contributed by atoms with E-state index >= 15 is 0 Å². The van der Waals surface area contributed by atoms with Gasteiger partial charge in [0.1, 0.15) is 11.4 Å². The third-order valence-corrected chi connectivity index (χ3v) is 6.01. The van der Waals surface area contributed by atoms with Gasteiger partial charge in [-0.1, -0.05) is 31.4 Å². The van der Waals surface area contributed by atoms with Crippen LogP contribution in [0.4, 0.5) is 14.9 Å². The maximum Gasteiger partial charge on any atom is 0.377 e. The Kier molecular flexibility index (Phi) is 6.44. The van der Waals surface area contributed by atoms with Gasteiger partial charge >= 0.3 is 17.7 Å². The van der Waals surface area contributed by atoms with Crippen molar-refractivity contribution < 1.29 is 23.8 Å². The Bertz CT molecular complexity index is 1300. The molecular formula is C23H24FN5O5. The molecule has 0 atom stereocenters. The molecule has 2 aromatic carbocycles. The molecule has 1 heterocycles. The molecule has 1 saturated carbocycles. The van der Waals surface area contributed by atoms with E-state index < -0.39 is 23.5 Å².